The average Bonchev–Trinajstić information content (AvgIpc) is 2.62. The molecule has 148 valence electrons. The van der Waals surface area contributed by atoms with Gasteiger partial charge < -0.3 is 15.2 Å². The van der Waals surface area contributed by atoms with Crippen LogP contribution < -0.4 is 10.1 Å². The number of ether oxygens (including phenoxy) is 1. The molecule has 0 aliphatic carbocycles. The highest BCUT2D eigenvalue weighted by atomic mass is 19.4. The lowest BCUT2D eigenvalue weighted by Gasteiger charge is -2.23. The Kier molecular flexibility index (Phi) is 5.89. The van der Waals surface area contributed by atoms with Gasteiger partial charge in [0.15, 0.2) is 17.2 Å². The van der Waals surface area contributed by atoms with Gasteiger partial charge in [-0.25, -0.2) is 8.78 Å². The average molecular weight is 400 g/mol. The van der Waals surface area contributed by atoms with Crippen LogP contribution in [0.3, 0.4) is 0 Å². The summed E-state index contributed by atoms with van der Waals surface area (Å²) in [6.07, 6.45) is -4.82. The molecular weight excluding hydrogens is 387 g/mol. The summed E-state index contributed by atoms with van der Waals surface area (Å²) in [5.74, 6) is -3.57. The van der Waals surface area contributed by atoms with Crippen molar-refractivity contribution in [1.82, 2.24) is 0 Å². The van der Waals surface area contributed by atoms with Crippen LogP contribution in [0, 0.1) is 23.0 Å². The summed E-state index contributed by atoms with van der Waals surface area (Å²) < 4.78 is 69.9. The van der Waals surface area contributed by atoms with Gasteiger partial charge in [-0.1, -0.05) is 0 Å². The summed E-state index contributed by atoms with van der Waals surface area (Å²) in [6, 6.07) is 6.47. The molecule has 2 N–H and O–H groups in total. The summed E-state index contributed by atoms with van der Waals surface area (Å²) in [7, 11) is 0. The predicted molar refractivity (Wildman–Crippen MR) is 87.3 cm³/mol. The van der Waals surface area contributed by atoms with E-state index in [0.29, 0.717) is 12.1 Å². The minimum absolute atomic E-state index is 0.162. The Morgan fingerprint density at radius 2 is 1.86 bits per heavy atom. The van der Waals surface area contributed by atoms with E-state index in [-0.39, 0.29) is 11.4 Å². The zero-order valence-corrected chi connectivity index (χ0v) is 14.3. The SMILES string of the molecule is C[C@](O)(COc1ccc(F)c(F)c1)C(=O)Nc1ccc(C#N)c(C(F)(F)F)c1. The topological polar surface area (TPSA) is 82.3 Å². The van der Waals surface area contributed by atoms with E-state index in [9.17, 15) is 31.9 Å². The normalized spacial score (nSPS) is 13.4. The van der Waals surface area contributed by atoms with Crippen LogP contribution >= 0.6 is 0 Å². The monoisotopic (exact) mass is 400 g/mol. The maximum Gasteiger partial charge on any atom is 0.417 e. The lowest BCUT2D eigenvalue weighted by atomic mass is 10.1. The summed E-state index contributed by atoms with van der Waals surface area (Å²) in [5.41, 5.74) is -4.38. The molecule has 0 heterocycles. The predicted octanol–water partition coefficient (Wildman–Crippen LogP) is 3.62. The van der Waals surface area contributed by atoms with Gasteiger partial charge in [-0.2, -0.15) is 18.4 Å². The maximum absolute atomic E-state index is 13.1. The van der Waals surface area contributed by atoms with Crippen molar-refractivity contribution in [2.45, 2.75) is 18.7 Å². The van der Waals surface area contributed by atoms with Gasteiger partial charge in [-0.3, -0.25) is 4.79 Å². The zero-order valence-electron chi connectivity index (χ0n) is 14.3. The summed E-state index contributed by atoms with van der Waals surface area (Å²) in [5, 5.41) is 21.0. The third-order valence-corrected chi connectivity index (χ3v) is 3.60. The highest BCUT2D eigenvalue weighted by molar-refractivity contribution is 5.97. The van der Waals surface area contributed by atoms with Crippen LogP contribution in [0.25, 0.3) is 0 Å². The summed E-state index contributed by atoms with van der Waals surface area (Å²) in [6.45, 7) is 0.336. The van der Waals surface area contributed by atoms with Gasteiger partial charge in [-0.15, -0.1) is 0 Å². The fourth-order valence-corrected chi connectivity index (χ4v) is 2.08. The molecule has 2 rings (SSSR count). The number of nitrogens with zero attached hydrogens (tertiary/aromatic N) is 1. The number of hydrogen-bond acceptors (Lipinski definition) is 4. The van der Waals surface area contributed by atoms with Crippen molar-refractivity contribution in [1.29, 1.82) is 5.26 Å². The van der Waals surface area contributed by atoms with E-state index in [2.05, 4.69) is 5.32 Å². The quantitative estimate of drug-likeness (QED) is 0.751. The van der Waals surface area contributed by atoms with E-state index in [1.54, 1.807) is 0 Å². The van der Waals surface area contributed by atoms with Gasteiger partial charge >= 0.3 is 6.18 Å². The largest absolute Gasteiger partial charge is 0.490 e. The molecule has 0 saturated heterocycles. The summed E-state index contributed by atoms with van der Waals surface area (Å²) in [4.78, 5) is 12.2. The Balaban J connectivity index is 2.12. The molecule has 0 bridgehead atoms. The molecule has 0 radical (unpaired) electrons. The number of carbonyl (C=O) groups is 1. The van der Waals surface area contributed by atoms with Crippen molar-refractivity contribution in [2.75, 3.05) is 11.9 Å². The van der Waals surface area contributed by atoms with Gasteiger partial charge in [0.25, 0.3) is 5.91 Å². The van der Waals surface area contributed by atoms with Crippen LogP contribution in [0.2, 0.25) is 0 Å². The lowest BCUT2D eigenvalue weighted by molar-refractivity contribution is -0.138. The molecule has 28 heavy (non-hydrogen) atoms. The Labute approximate surface area is 156 Å². The number of nitriles is 1. The molecule has 2 aromatic carbocycles. The fourth-order valence-electron chi connectivity index (χ4n) is 2.08. The Morgan fingerprint density at radius 1 is 1.18 bits per heavy atom. The Morgan fingerprint density at radius 3 is 2.43 bits per heavy atom. The van der Waals surface area contributed by atoms with Crippen molar-refractivity contribution >= 4 is 11.6 Å². The second kappa shape index (κ2) is 7.82. The van der Waals surface area contributed by atoms with Gasteiger partial charge in [0.1, 0.15) is 12.4 Å². The standard InChI is InChI=1S/C18H13F5N2O3/c1-17(27,9-28-12-4-5-14(19)15(20)7-12)16(26)25-11-3-2-10(8-24)13(6-11)18(21,22)23/h2-7,27H,9H2,1H3,(H,25,26)/t17-/m0/s1. The number of hydrogen-bond donors (Lipinski definition) is 2. The van der Waals surface area contributed by atoms with Gasteiger partial charge in [0.2, 0.25) is 0 Å². The highest BCUT2D eigenvalue weighted by Gasteiger charge is 2.35. The molecule has 10 heteroatoms. The number of carbonyl (C=O) groups excluding carboxylic acids is 1. The number of rotatable bonds is 5. The van der Waals surface area contributed by atoms with E-state index in [0.717, 1.165) is 31.2 Å². The van der Waals surface area contributed by atoms with Crippen molar-refractivity contribution in [3.05, 3.63) is 59.2 Å². The smallest absolute Gasteiger partial charge is 0.417 e. The zero-order chi connectivity index (χ0) is 21.1. The molecule has 5 nitrogen and oxygen atoms in total. The van der Waals surface area contributed by atoms with Gasteiger partial charge in [0, 0.05) is 11.8 Å². The first-order valence-corrected chi connectivity index (χ1v) is 7.67. The van der Waals surface area contributed by atoms with Gasteiger partial charge in [0.05, 0.1) is 17.2 Å². The number of benzene rings is 2. The number of nitrogens with one attached hydrogen (secondary N) is 1. The number of anilines is 1. The first-order valence-electron chi connectivity index (χ1n) is 7.67. The van der Waals surface area contributed by atoms with Crippen molar-refractivity contribution in [3.63, 3.8) is 0 Å². The molecule has 0 aromatic heterocycles. The van der Waals surface area contributed by atoms with Crippen LogP contribution in [-0.2, 0) is 11.0 Å². The second-order valence-corrected chi connectivity index (χ2v) is 5.96. The Hall–Kier alpha value is -3.19. The highest BCUT2D eigenvalue weighted by Crippen LogP contribution is 2.33. The third-order valence-electron chi connectivity index (χ3n) is 3.60. The Bertz CT molecular complexity index is 936. The first-order chi connectivity index (χ1) is 12.9. The van der Waals surface area contributed by atoms with Crippen LogP contribution in [0.4, 0.5) is 27.6 Å². The fraction of sp³-hybridized carbons (Fsp3) is 0.222. The van der Waals surface area contributed by atoms with Crippen molar-refractivity contribution in [3.8, 4) is 11.8 Å². The number of amides is 1. The van der Waals surface area contributed by atoms with Crippen molar-refractivity contribution in [2.24, 2.45) is 0 Å². The van der Waals surface area contributed by atoms with E-state index < -0.39 is 47.1 Å². The second-order valence-electron chi connectivity index (χ2n) is 5.96. The van der Waals surface area contributed by atoms with E-state index in [4.69, 9.17) is 10.00 Å². The number of halogens is 5. The molecule has 1 amide bonds. The molecule has 0 aliphatic heterocycles. The molecule has 0 spiro atoms. The van der Waals surface area contributed by atoms with E-state index in [1.807, 2.05) is 0 Å². The van der Waals surface area contributed by atoms with Crippen LogP contribution in [0.15, 0.2) is 36.4 Å². The molecule has 0 fully saturated rings. The number of aliphatic hydroxyl groups is 1. The van der Waals surface area contributed by atoms with Crippen molar-refractivity contribution < 1.29 is 36.6 Å². The first kappa shape index (κ1) is 21.1. The minimum atomic E-state index is -4.82. The maximum atomic E-state index is 13.1. The summed E-state index contributed by atoms with van der Waals surface area (Å²) >= 11 is 0. The molecule has 0 aliphatic rings. The minimum Gasteiger partial charge on any atom is -0.490 e. The van der Waals surface area contributed by atoms with E-state index in [1.165, 1.54) is 6.07 Å². The molecule has 0 unspecified atom stereocenters. The van der Waals surface area contributed by atoms with Crippen LogP contribution in [0.1, 0.15) is 18.1 Å². The third kappa shape index (κ3) is 4.95. The van der Waals surface area contributed by atoms with Gasteiger partial charge in [-0.05, 0) is 37.3 Å². The van der Waals surface area contributed by atoms with Crippen LogP contribution in [-0.4, -0.2) is 23.2 Å². The molecular formula is C18H13F5N2O3. The molecule has 2 aromatic rings. The molecule has 1 atom stereocenters. The molecule has 0 saturated carbocycles. The lowest BCUT2D eigenvalue weighted by Crippen LogP contribution is -2.45. The van der Waals surface area contributed by atoms with Crippen LogP contribution in [0.5, 0.6) is 5.75 Å². The number of alkyl halides is 3. The van der Waals surface area contributed by atoms with E-state index >= 15 is 0 Å².